The van der Waals surface area contributed by atoms with Gasteiger partial charge in [0.1, 0.15) is 5.82 Å². The van der Waals surface area contributed by atoms with Gasteiger partial charge in [-0.25, -0.2) is 9.78 Å². The van der Waals surface area contributed by atoms with Crippen molar-refractivity contribution in [3.8, 4) is 0 Å². The smallest absolute Gasteiger partial charge is 0.338 e. The second-order valence-corrected chi connectivity index (χ2v) is 10.6. The van der Waals surface area contributed by atoms with Gasteiger partial charge < -0.3 is 14.6 Å². The number of benzene rings is 2. The van der Waals surface area contributed by atoms with Gasteiger partial charge in [-0.05, 0) is 55.0 Å². The maximum absolute atomic E-state index is 13.1. The Bertz CT molecular complexity index is 1400. The quantitative estimate of drug-likeness (QED) is 0.384. The van der Waals surface area contributed by atoms with Crippen molar-refractivity contribution in [1.82, 2.24) is 14.9 Å². The number of aryl methyl sites for hydroxylation is 1. The van der Waals surface area contributed by atoms with Crippen LogP contribution in [0, 0.1) is 18.3 Å². The molecule has 2 aromatic carbocycles. The van der Waals surface area contributed by atoms with Crippen molar-refractivity contribution in [3.05, 3.63) is 75.3 Å². The van der Waals surface area contributed by atoms with Gasteiger partial charge in [0.05, 0.1) is 23.6 Å². The number of piperidine rings is 1. The summed E-state index contributed by atoms with van der Waals surface area (Å²) in [5.74, 6) is 0.0659. The van der Waals surface area contributed by atoms with E-state index in [9.17, 15) is 19.2 Å². The summed E-state index contributed by atoms with van der Waals surface area (Å²) >= 11 is 0. The summed E-state index contributed by atoms with van der Waals surface area (Å²) in [5.41, 5.74) is 1.80. The second kappa shape index (κ2) is 10.7. The summed E-state index contributed by atoms with van der Waals surface area (Å²) in [5, 5.41) is 0.548. The number of rotatable bonds is 7. The topological polar surface area (TPSA) is 109 Å². The molecule has 1 saturated heterocycles. The van der Waals surface area contributed by atoms with Crippen LogP contribution in [0.4, 0.5) is 0 Å². The number of Topliss-reactive ketones (excluding diaryl/α,β-unsaturated/α-hetero) is 1. The number of fused-ring (bicyclic) bond motifs is 1. The van der Waals surface area contributed by atoms with Crippen LogP contribution in [0.1, 0.15) is 65.2 Å². The molecule has 194 valence electrons. The number of nitrogens with one attached hydrogen (secondary N) is 1. The summed E-state index contributed by atoms with van der Waals surface area (Å²) in [6, 6.07) is 12.2. The van der Waals surface area contributed by atoms with Gasteiger partial charge in [0, 0.05) is 37.4 Å². The zero-order valence-electron chi connectivity index (χ0n) is 21.8. The first-order valence-corrected chi connectivity index (χ1v) is 12.6. The van der Waals surface area contributed by atoms with E-state index in [4.69, 9.17) is 4.74 Å². The third kappa shape index (κ3) is 5.96. The average Bonchev–Trinajstić information content (AvgIpc) is 2.87. The molecule has 1 aliphatic rings. The number of carbonyl (C=O) groups excluding carboxylic acids is 3. The van der Waals surface area contributed by atoms with E-state index in [-0.39, 0.29) is 23.2 Å². The fourth-order valence-corrected chi connectivity index (χ4v) is 5.04. The molecule has 8 nitrogen and oxygen atoms in total. The number of amides is 1. The lowest BCUT2D eigenvalue weighted by Gasteiger charge is -2.34. The number of aromatic amines is 1. The number of hydrogen-bond donors (Lipinski definition) is 1. The SMILES string of the molecule is COC(=O)c1ccc(C(=O)C2CCN(C(=O)CC(C)(C)Cc3nc4ccccc4c(=O)[nH]3)CC2)cc1C. The normalized spacial score (nSPS) is 14.5. The van der Waals surface area contributed by atoms with E-state index < -0.39 is 11.4 Å². The monoisotopic (exact) mass is 503 g/mol. The van der Waals surface area contributed by atoms with E-state index in [1.165, 1.54) is 7.11 Å². The van der Waals surface area contributed by atoms with Gasteiger partial charge in [-0.2, -0.15) is 0 Å². The minimum absolute atomic E-state index is 0.0392. The molecule has 0 saturated carbocycles. The number of carbonyl (C=O) groups is 3. The Labute approximate surface area is 216 Å². The van der Waals surface area contributed by atoms with Gasteiger partial charge in [0.15, 0.2) is 5.78 Å². The predicted octanol–water partition coefficient (Wildman–Crippen LogP) is 4.10. The zero-order chi connectivity index (χ0) is 26.7. The molecule has 0 bridgehead atoms. The third-order valence-corrected chi connectivity index (χ3v) is 7.07. The number of ether oxygens (including phenoxy) is 1. The minimum atomic E-state index is -0.422. The summed E-state index contributed by atoms with van der Waals surface area (Å²) in [4.78, 5) is 59.7. The molecule has 0 aliphatic carbocycles. The standard InChI is InChI=1S/C29H33N3O5/c1-18-15-20(9-10-21(18)28(36)37-4)26(34)19-11-13-32(14-12-19)25(33)17-29(2,3)16-24-30-23-8-6-5-7-22(23)27(35)31-24/h5-10,15,19H,11-14,16-17H2,1-4H3,(H,30,31,35). The van der Waals surface area contributed by atoms with Gasteiger partial charge in [0.25, 0.3) is 5.56 Å². The van der Waals surface area contributed by atoms with Gasteiger partial charge in [-0.1, -0.05) is 32.0 Å². The fraction of sp³-hybridized carbons (Fsp3) is 0.414. The molecule has 3 aromatic rings. The highest BCUT2D eigenvalue weighted by Gasteiger charge is 2.31. The molecular weight excluding hydrogens is 470 g/mol. The first-order valence-electron chi connectivity index (χ1n) is 12.6. The van der Waals surface area contributed by atoms with E-state index in [1.807, 2.05) is 30.9 Å². The lowest BCUT2D eigenvalue weighted by Crippen LogP contribution is -2.42. The van der Waals surface area contributed by atoms with Crippen LogP contribution in [-0.2, 0) is 16.0 Å². The fourth-order valence-electron chi connectivity index (χ4n) is 5.04. The highest BCUT2D eigenvalue weighted by molar-refractivity contribution is 6.00. The van der Waals surface area contributed by atoms with Crippen molar-refractivity contribution in [2.75, 3.05) is 20.2 Å². The number of methoxy groups -OCH3 is 1. The molecule has 2 heterocycles. The van der Waals surface area contributed by atoms with Crippen molar-refractivity contribution in [1.29, 1.82) is 0 Å². The van der Waals surface area contributed by atoms with E-state index in [0.717, 1.165) is 0 Å². The van der Waals surface area contributed by atoms with Crippen LogP contribution in [0.2, 0.25) is 0 Å². The molecule has 0 radical (unpaired) electrons. The Morgan fingerprint density at radius 1 is 1.11 bits per heavy atom. The Kier molecular flexibility index (Phi) is 7.57. The molecule has 4 rings (SSSR count). The number of nitrogens with zero attached hydrogens (tertiary/aromatic N) is 2. The van der Waals surface area contributed by atoms with Crippen LogP contribution >= 0.6 is 0 Å². The second-order valence-electron chi connectivity index (χ2n) is 10.6. The molecule has 0 spiro atoms. The number of aromatic nitrogens is 2. The number of ketones is 1. The lowest BCUT2D eigenvalue weighted by atomic mass is 9.83. The van der Waals surface area contributed by atoms with Crippen molar-refractivity contribution < 1.29 is 19.1 Å². The molecule has 1 fully saturated rings. The maximum atomic E-state index is 13.1. The molecule has 1 aliphatic heterocycles. The predicted molar refractivity (Wildman–Crippen MR) is 141 cm³/mol. The van der Waals surface area contributed by atoms with Crippen LogP contribution in [-0.4, -0.2) is 52.7 Å². The summed E-state index contributed by atoms with van der Waals surface area (Å²) in [7, 11) is 1.33. The van der Waals surface area contributed by atoms with Crippen molar-refractivity contribution in [2.45, 2.75) is 46.5 Å². The first-order chi connectivity index (χ1) is 17.6. The number of likely N-dealkylation sites (tertiary alicyclic amines) is 1. The van der Waals surface area contributed by atoms with E-state index in [1.54, 1.807) is 37.3 Å². The zero-order valence-corrected chi connectivity index (χ0v) is 21.8. The maximum Gasteiger partial charge on any atom is 0.338 e. The van der Waals surface area contributed by atoms with Crippen molar-refractivity contribution in [3.63, 3.8) is 0 Å². The molecule has 0 unspecified atom stereocenters. The molecular formula is C29H33N3O5. The molecule has 8 heteroatoms. The van der Waals surface area contributed by atoms with Crippen molar-refractivity contribution in [2.24, 2.45) is 11.3 Å². The lowest BCUT2D eigenvalue weighted by molar-refractivity contribution is -0.134. The van der Waals surface area contributed by atoms with Gasteiger partial charge in [-0.3, -0.25) is 14.4 Å². The van der Waals surface area contributed by atoms with Crippen molar-refractivity contribution >= 4 is 28.6 Å². The minimum Gasteiger partial charge on any atom is -0.465 e. The molecule has 1 N–H and O–H groups in total. The highest BCUT2D eigenvalue weighted by Crippen LogP contribution is 2.29. The first kappa shape index (κ1) is 26.3. The molecule has 37 heavy (non-hydrogen) atoms. The number of H-pyrrole nitrogens is 1. The van der Waals surface area contributed by atoms with Crippen LogP contribution in [0.3, 0.4) is 0 Å². The summed E-state index contributed by atoms with van der Waals surface area (Å²) < 4.78 is 4.78. The molecule has 1 aromatic heterocycles. The Hall–Kier alpha value is -3.81. The average molecular weight is 504 g/mol. The number of hydrogen-bond acceptors (Lipinski definition) is 6. The van der Waals surface area contributed by atoms with Crippen LogP contribution in [0.25, 0.3) is 10.9 Å². The Balaban J connectivity index is 1.34. The summed E-state index contributed by atoms with van der Waals surface area (Å²) in [6.07, 6.45) is 1.98. The summed E-state index contributed by atoms with van der Waals surface area (Å²) in [6.45, 7) is 6.83. The van der Waals surface area contributed by atoms with Crippen LogP contribution in [0.15, 0.2) is 47.3 Å². The van der Waals surface area contributed by atoms with Gasteiger partial charge >= 0.3 is 5.97 Å². The van der Waals surface area contributed by atoms with Gasteiger partial charge in [0.2, 0.25) is 5.91 Å². The van der Waals surface area contributed by atoms with E-state index in [0.29, 0.717) is 72.2 Å². The number of para-hydroxylation sites is 1. The highest BCUT2D eigenvalue weighted by atomic mass is 16.5. The third-order valence-electron chi connectivity index (χ3n) is 7.07. The van der Waals surface area contributed by atoms with Crippen LogP contribution in [0.5, 0.6) is 0 Å². The van der Waals surface area contributed by atoms with E-state index >= 15 is 0 Å². The Morgan fingerprint density at radius 2 is 1.81 bits per heavy atom. The van der Waals surface area contributed by atoms with Gasteiger partial charge in [-0.15, -0.1) is 0 Å². The van der Waals surface area contributed by atoms with E-state index in [2.05, 4.69) is 9.97 Å². The van der Waals surface area contributed by atoms with Crippen LogP contribution < -0.4 is 5.56 Å². The molecule has 1 amide bonds. The number of esters is 1. The largest absolute Gasteiger partial charge is 0.465 e. The Morgan fingerprint density at radius 3 is 2.49 bits per heavy atom. The molecule has 0 atom stereocenters.